The fourth-order valence-electron chi connectivity index (χ4n) is 4.00. The molecule has 0 saturated heterocycles. The number of carbonyl (C=O) groups is 1. The number of thiophene rings is 1. The maximum Gasteiger partial charge on any atom is 0.320 e. The van der Waals surface area contributed by atoms with Gasteiger partial charge in [-0.1, -0.05) is 6.92 Å². The number of fused-ring (bicyclic) bond motifs is 2. The van der Waals surface area contributed by atoms with E-state index in [9.17, 15) is 4.79 Å². The molecular formula is C19H25BrN4OS. The Bertz CT molecular complexity index is 841. The predicted molar refractivity (Wildman–Crippen MR) is 110 cm³/mol. The molecule has 140 valence electrons. The van der Waals surface area contributed by atoms with Gasteiger partial charge in [0.05, 0.1) is 9.60 Å². The average molecular weight is 437 g/mol. The van der Waals surface area contributed by atoms with E-state index in [1.165, 1.54) is 33.7 Å². The second-order valence-corrected chi connectivity index (χ2v) is 9.31. The first-order chi connectivity index (χ1) is 12.5. The molecule has 26 heavy (non-hydrogen) atoms. The fourth-order valence-corrected chi connectivity index (χ4v) is 5.87. The lowest BCUT2D eigenvalue weighted by Gasteiger charge is -2.18. The molecule has 2 aromatic rings. The Balaban J connectivity index is 1.42. The Hall–Kier alpha value is -1.31. The van der Waals surface area contributed by atoms with Crippen molar-refractivity contribution in [1.82, 2.24) is 15.6 Å². The Morgan fingerprint density at radius 2 is 2.19 bits per heavy atom. The summed E-state index contributed by atoms with van der Waals surface area (Å²) < 4.78 is 0.975. The average Bonchev–Trinajstić information content (AvgIpc) is 3.10. The van der Waals surface area contributed by atoms with Gasteiger partial charge in [-0.15, -0.1) is 11.3 Å². The number of aromatic nitrogens is 1. The summed E-state index contributed by atoms with van der Waals surface area (Å²) in [5.41, 5.74) is 6.41. The number of H-pyrrole nitrogens is 1. The number of anilines is 1. The molecule has 2 aliphatic rings. The summed E-state index contributed by atoms with van der Waals surface area (Å²) >= 11 is 5.34. The quantitative estimate of drug-likeness (QED) is 0.580. The summed E-state index contributed by atoms with van der Waals surface area (Å²) in [5.74, 6) is 0.740. The summed E-state index contributed by atoms with van der Waals surface area (Å²) in [6.07, 6.45) is 4.52. The molecular weight excluding hydrogens is 412 g/mol. The Morgan fingerprint density at radius 3 is 3.04 bits per heavy atom. The first kappa shape index (κ1) is 18.1. The minimum absolute atomic E-state index is 0.129. The van der Waals surface area contributed by atoms with E-state index in [0.29, 0.717) is 6.54 Å². The Labute approximate surface area is 166 Å². The largest absolute Gasteiger partial charge is 0.352 e. The predicted octanol–water partition coefficient (Wildman–Crippen LogP) is 4.24. The van der Waals surface area contributed by atoms with Gasteiger partial charge < -0.3 is 15.6 Å². The van der Waals surface area contributed by atoms with Crippen LogP contribution in [-0.4, -0.2) is 17.6 Å². The first-order valence-corrected chi connectivity index (χ1v) is 10.9. The van der Waals surface area contributed by atoms with Crippen molar-refractivity contribution in [2.24, 2.45) is 5.92 Å². The molecule has 4 N–H and O–H groups in total. The topological polar surface area (TPSA) is 69.0 Å². The number of carbonyl (C=O) groups excluding carboxylic acids is 1. The summed E-state index contributed by atoms with van der Waals surface area (Å²) in [4.78, 5) is 17.3. The van der Waals surface area contributed by atoms with Gasteiger partial charge in [-0.25, -0.2) is 4.79 Å². The van der Waals surface area contributed by atoms with Gasteiger partial charge in [-0.3, -0.25) is 5.32 Å². The van der Waals surface area contributed by atoms with E-state index in [4.69, 9.17) is 0 Å². The van der Waals surface area contributed by atoms with Crippen molar-refractivity contribution >= 4 is 38.3 Å². The molecule has 0 saturated carbocycles. The van der Waals surface area contributed by atoms with Gasteiger partial charge >= 0.3 is 6.03 Å². The molecule has 2 aromatic heterocycles. The first-order valence-electron chi connectivity index (χ1n) is 9.27. The van der Waals surface area contributed by atoms with Gasteiger partial charge in [0.2, 0.25) is 0 Å². The summed E-state index contributed by atoms with van der Waals surface area (Å²) in [6.45, 7) is 6.81. The van der Waals surface area contributed by atoms with E-state index in [1.54, 1.807) is 11.3 Å². The minimum Gasteiger partial charge on any atom is -0.352 e. The van der Waals surface area contributed by atoms with Gasteiger partial charge in [0.15, 0.2) is 0 Å². The molecule has 1 aliphatic heterocycles. The maximum atomic E-state index is 12.5. The molecule has 3 heterocycles. The third-order valence-electron chi connectivity index (χ3n) is 5.53. The van der Waals surface area contributed by atoms with Crippen LogP contribution in [0.2, 0.25) is 0 Å². The van der Waals surface area contributed by atoms with Gasteiger partial charge in [0, 0.05) is 29.2 Å². The van der Waals surface area contributed by atoms with Crippen LogP contribution in [0.5, 0.6) is 0 Å². The second-order valence-electron chi connectivity index (χ2n) is 7.41. The highest BCUT2D eigenvalue weighted by atomic mass is 79.9. The number of urea groups is 1. The zero-order valence-electron chi connectivity index (χ0n) is 15.2. The van der Waals surface area contributed by atoms with Crippen molar-refractivity contribution in [2.75, 3.05) is 11.9 Å². The lowest BCUT2D eigenvalue weighted by molar-refractivity contribution is 0.251. The monoisotopic (exact) mass is 436 g/mol. The van der Waals surface area contributed by atoms with Crippen LogP contribution in [0.3, 0.4) is 0 Å². The van der Waals surface area contributed by atoms with Crippen LogP contribution in [0, 0.1) is 12.8 Å². The molecule has 0 fully saturated rings. The van der Waals surface area contributed by atoms with Crippen molar-refractivity contribution in [3.8, 4) is 0 Å². The van der Waals surface area contributed by atoms with Gasteiger partial charge in [0.1, 0.15) is 0 Å². The standard InChI is InChI=1S/C19H25BrN4OS/c1-10-3-4-16-13(7-10)11(2)18(26-16)24-19(25)22-8-14-12-5-6-21-9-15(12)23-17(14)20/h10,21,23H,3-9H2,1-2H3,(H2,22,24,25). The van der Waals surface area contributed by atoms with E-state index in [-0.39, 0.29) is 6.03 Å². The number of nitrogens with one attached hydrogen (secondary N) is 4. The van der Waals surface area contributed by atoms with E-state index in [2.05, 4.69) is 50.7 Å². The molecule has 1 unspecified atom stereocenters. The van der Waals surface area contributed by atoms with Crippen molar-refractivity contribution in [3.05, 3.63) is 37.4 Å². The van der Waals surface area contributed by atoms with Crippen LogP contribution in [0.1, 0.15) is 46.2 Å². The Morgan fingerprint density at radius 1 is 1.35 bits per heavy atom. The molecule has 1 atom stereocenters. The highest BCUT2D eigenvalue weighted by molar-refractivity contribution is 9.10. The molecule has 0 spiro atoms. The van der Waals surface area contributed by atoms with Crippen LogP contribution in [-0.2, 0) is 32.4 Å². The fraction of sp³-hybridized carbons (Fsp3) is 0.526. The smallest absolute Gasteiger partial charge is 0.320 e. The SMILES string of the molecule is Cc1c(NC(=O)NCc2c(Br)[nH]c3c2CCNC3)sc2c1CC(C)CC2. The number of halogens is 1. The van der Waals surface area contributed by atoms with Crippen molar-refractivity contribution in [2.45, 2.75) is 52.6 Å². The molecule has 4 rings (SSSR count). The third-order valence-corrected chi connectivity index (χ3v) is 7.52. The third kappa shape index (κ3) is 3.44. The van der Waals surface area contributed by atoms with Gasteiger partial charge in [-0.2, -0.15) is 0 Å². The maximum absolute atomic E-state index is 12.5. The van der Waals surface area contributed by atoms with Crippen LogP contribution >= 0.6 is 27.3 Å². The van der Waals surface area contributed by atoms with Gasteiger partial charge in [0.25, 0.3) is 0 Å². The molecule has 2 amide bonds. The number of aryl methyl sites for hydroxylation is 1. The van der Waals surface area contributed by atoms with Crippen molar-refractivity contribution in [1.29, 1.82) is 0 Å². The number of hydrogen-bond acceptors (Lipinski definition) is 3. The lowest BCUT2D eigenvalue weighted by atomic mass is 9.88. The van der Waals surface area contributed by atoms with E-state index in [0.717, 1.165) is 53.4 Å². The molecule has 0 aromatic carbocycles. The number of hydrogen-bond donors (Lipinski definition) is 4. The van der Waals surface area contributed by atoms with E-state index >= 15 is 0 Å². The highest BCUT2D eigenvalue weighted by Gasteiger charge is 2.23. The van der Waals surface area contributed by atoms with Crippen LogP contribution < -0.4 is 16.0 Å². The number of rotatable bonds is 3. The molecule has 7 heteroatoms. The van der Waals surface area contributed by atoms with Crippen molar-refractivity contribution < 1.29 is 4.79 Å². The van der Waals surface area contributed by atoms with Crippen LogP contribution in [0.25, 0.3) is 0 Å². The summed E-state index contributed by atoms with van der Waals surface area (Å²) in [5, 5.41) is 10.5. The van der Waals surface area contributed by atoms with Crippen LogP contribution in [0.15, 0.2) is 4.60 Å². The zero-order valence-corrected chi connectivity index (χ0v) is 17.6. The van der Waals surface area contributed by atoms with Crippen molar-refractivity contribution in [3.63, 3.8) is 0 Å². The van der Waals surface area contributed by atoms with Gasteiger partial charge in [-0.05, 0) is 77.7 Å². The summed E-state index contributed by atoms with van der Waals surface area (Å²) in [7, 11) is 0. The normalized spacial score (nSPS) is 19.0. The molecule has 0 radical (unpaired) electrons. The second kappa shape index (κ2) is 7.37. The van der Waals surface area contributed by atoms with Crippen LogP contribution in [0.4, 0.5) is 9.80 Å². The number of aromatic amines is 1. The number of amides is 2. The minimum atomic E-state index is -0.129. The molecule has 0 bridgehead atoms. The molecule has 5 nitrogen and oxygen atoms in total. The zero-order chi connectivity index (χ0) is 18.3. The Kier molecular flexibility index (Phi) is 5.12. The summed E-state index contributed by atoms with van der Waals surface area (Å²) in [6, 6.07) is -0.129. The van der Waals surface area contributed by atoms with E-state index in [1.807, 2.05) is 0 Å². The van der Waals surface area contributed by atoms with E-state index < -0.39 is 0 Å². The highest BCUT2D eigenvalue weighted by Crippen LogP contribution is 2.39. The lowest BCUT2D eigenvalue weighted by Crippen LogP contribution is -2.29. The molecule has 1 aliphatic carbocycles.